The molecule has 1 N–H and O–H groups in total. The van der Waals surface area contributed by atoms with Gasteiger partial charge in [0.05, 0.1) is 12.8 Å². The number of benzene rings is 1. The Morgan fingerprint density at radius 2 is 2.06 bits per heavy atom. The van der Waals surface area contributed by atoms with Crippen LogP contribution in [0.4, 0.5) is 5.69 Å². The monoisotopic (exact) mass is 221 g/mol. The number of nitrogens with one attached hydrogen (secondary N) is 1. The first-order chi connectivity index (χ1) is 7.58. The van der Waals surface area contributed by atoms with Crippen molar-refractivity contribution in [3.63, 3.8) is 0 Å². The first-order valence-corrected chi connectivity index (χ1v) is 5.53. The lowest BCUT2D eigenvalue weighted by Gasteiger charge is -2.13. The average Bonchev–Trinajstić information content (AvgIpc) is 2.22. The van der Waals surface area contributed by atoms with Gasteiger partial charge in [0, 0.05) is 6.42 Å². The number of anilines is 1. The largest absolute Gasteiger partial charge is 0.495 e. The number of rotatable bonds is 4. The van der Waals surface area contributed by atoms with Crippen LogP contribution in [0.3, 0.4) is 0 Å². The number of hydrogen-bond acceptors (Lipinski definition) is 2. The molecule has 16 heavy (non-hydrogen) atoms. The van der Waals surface area contributed by atoms with Gasteiger partial charge in [-0.2, -0.15) is 0 Å². The van der Waals surface area contributed by atoms with Gasteiger partial charge in [-0.3, -0.25) is 4.79 Å². The molecule has 0 radical (unpaired) electrons. The van der Waals surface area contributed by atoms with Gasteiger partial charge >= 0.3 is 0 Å². The second-order valence-corrected chi connectivity index (χ2v) is 3.96. The van der Waals surface area contributed by atoms with Crippen molar-refractivity contribution < 1.29 is 9.53 Å². The molecule has 88 valence electrons. The quantitative estimate of drug-likeness (QED) is 0.848. The minimum Gasteiger partial charge on any atom is -0.495 e. The minimum absolute atomic E-state index is 0.0350. The lowest BCUT2D eigenvalue weighted by Crippen LogP contribution is -2.12. The van der Waals surface area contributed by atoms with Crippen LogP contribution in [-0.2, 0) is 4.79 Å². The Balaban J connectivity index is 2.98. The summed E-state index contributed by atoms with van der Waals surface area (Å²) in [6.07, 6.45) is 1.38. The molecule has 1 amide bonds. The van der Waals surface area contributed by atoms with Gasteiger partial charge in [-0.25, -0.2) is 0 Å². The van der Waals surface area contributed by atoms with Crippen molar-refractivity contribution in [1.29, 1.82) is 0 Å². The van der Waals surface area contributed by atoms with Gasteiger partial charge in [0.1, 0.15) is 5.75 Å². The Labute approximate surface area is 96.8 Å². The first-order valence-electron chi connectivity index (χ1n) is 5.53. The van der Waals surface area contributed by atoms with Crippen LogP contribution in [0.15, 0.2) is 12.1 Å². The van der Waals surface area contributed by atoms with Crippen LogP contribution in [0.25, 0.3) is 0 Å². The Hall–Kier alpha value is -1.51. The molecule has 0 heterocycles. The highest BCUT2D eigenvalue weighted by atomic mass is 16.5. The molecule has 0 aliphatic rings. The summed E-state index contributed by atoms with van der Waals surface area (Å²) in [6, 6.07) is 3.96. The molecule has 0 unspecified atom stereocenters. The van der Waals surface area contributed by atoms with Crippen LogP contribution < -0.4 is 10.1 Å². The molecular formula is C13H19NO2. The second kappa shape index (κ2) is 5.54. The van der Waals surface area contributed by atoms with E-state index in [4.69, 9.17) is 4.74 Å². The minimum atomic E-state index is 0.0350. The van der Waals surface area contributed by atoms with Crippen LogP contribution in [0.5, 0.6) is 5.75 Å². The van der Waals surface area contributed by atoms with Crippen LogP contribution in [0.1, 0.15) is 30.9 Å². The fourth-order valence-corrected chi connectivity index (χ4v) is 1.68. The topological polar surface area (TPSA) is 38.3 Å². The van der Waals surface area contributed by atoms with Crippen molar-refractivity contribution >= 4 is 11.6 Å². The third-order valence-corrected chi connectivity index (χ3v) is 2.41. The van der Waals surface area contributed by atoms with E-state index in [-0.39, 0.29) is 5.91 Å². The molecule has 1 aromatic rings. The smallest absolute Gasteiger partial charge is 0.224 e. The first kappa shape index (κ1) is 12.6. The van der Waals surface area contributed by atoms with Crippen LogP contribution in [0.2, 0.25) is 0 Å². The lowest BCUT2D eigenvalue weighted by molar-refractivity contribution is -0.116. The number of carbonyl (C=O) groups excluding carboxylic acids is 1. The van der Waals surface area contributed by atoms with Crippen LogP contribution in [-0.4, -0.2) is 13.0 Å². The van der Waals surface area contributed by atoms with Gasteiger partial charge in [0.15, 0.2) is 0 Å². The summed E-state index contributed by atoms with van der Waals surface area (Å²) in [4.78, 5) is 11.6. The van der Waals surface area contributed by atoms with Crippen molar-refractivity contribution in [2.75, 3.05) is 12.4 Å². The van der Waals surface area contributed by atoms with Crippen molar-refractivity contribution in [2.24, 2.45) is 0 Å². The zero-order chi connectivity index (χ0) is 12.1. The Bertz CT molecular complexity index is 386. The van der Waals surface area contributed by atoms with Gasteiger partial charge in [0.25, 0.3) is 0 Å². The number of aryl methyl sites for hydroxylation is 2. The number of carbonyl (C=O) groups is 1. The van der Waals surface area contributed by atoms with E-state index in [0.29, 0.717) is 6.42 Å². The predicted octanol–water partition coefficient (Wildman–Crippen LogP) is 3.05. The average molecular weight is 221 g/mol. The zero-order valence-electron chi connectivity index (χ0n) is 10.4. The maximum absolute atomic E-state index is 11.6. The molecule has 0 bridgehead atoms. The van der Waals surface area contributed by atoms with Crippen molar-refractivity contribution in [1.82, 2.24) is 0 Å². The SMILES string of the molecule is CCCC(=O)Nc1c(C)cc(C)cc1OC. The van der Waals surface area contributed by atoms with E-state index in [2.05, 4.69) is 5.32 Å². The predicted molar refractivity (Wildman–Crippen MR) is 66.0 cm³/mol. The lowest BCUT2D eigenvalue weighted by atomic mass is 10.1. The van der Waals surface area contributed by atoms with Gasteiger partial charge in [-0.05, 0) is 37.5 Å². The fraction of sp³-hybridized carbons (Fsp3) is 0.462. The maximum atomic E-state index is 11.6. The highest BCUT2D eigenvalue weighted by Gasteiger charge is 2.10. The van der Waals surface area contributed by atoms with E-state index < -0.39 is 0 Å². The van der Waals surface area contributed by atoms with E-state index in [1.54, 1.807) is 7.11 Å². The van der Waals surface area contributed by atoms with E-state index in [1.165, 1.54) is 0 Å². The number of methoxy groups -OCH3 is 1. The Kier molecular flexibility index (Phi) is 4.35. The third-order valence-electron chi connectivity index (χ3n) is 2.41. The normalized spacial score (nSPS) is 10.0. The molecule has 1 rings (SSSR count). The van der Waals surface area contributed by atoms with E-state index in [1.807, 2.05) is 32.9 Å². The van der Waals surface area contributed by atoms with Gasteiger partial charge in [-0.15, -0.1) is 0 Å². The molecule has 3 heteroatoms. The molecule has 0 saturated heterocycles. The van der Waals surface area contributed by atoms with Crippen molar-refractivity contribution in [3.8, 4) is 5.75 Å². The molecule has 0 saturated carbocycles. The summed E-state index contributed by atoms with van der Waals surface area (Å²) in [5.74, 6) is 0.759. The summed E-state index contributed by atoms with van der Waals surface area (Å²) in [6.45, 7) is 5.96. The second-order valence-electron chi connectivity index (χ2n) is 3.96. The van der Waals surface area contributed by atoms with E-state index >= 15 is 0 Å². The third kappa shape index (κ3) is 2.99. The van der Waals surface area contributed by atoms with Gasteiger partial charge in [0.2, 0.25) is 5.91 Å². The zero-order valence-corrected chi connectivity index (χ0v) is 10.4. The molecule has 0 fully saturated rings. The van der Waals surface area contributed by atoms with Crippen LogP contribution in [0, 0.1) is 13.8 Å². The summed E-state index contributed by atoms with van der Waals surface area (Å²) >= 11 is 0. The molecule has 0 spiro atoms. The molecule has 1 aromatic carbocycles. The standard InChI is InChI=1S/C13H19NO2/c1-5-6-12(15)14-13-10(3)7-9(2)8-11(13)16-4/h7-8H,5-6H2,1-4H3,(H,14,15). The summed E-state index contributed by atoms with van der Waals surface area (Å²) < 4.78 is 5.27. The number of ether oxygens (including phenoxy) is 1. The van der Waals surface area contributed by atoms with Crippen molar-refractivity contribution in [2.45, 2.75) is 33.6 Å². The highest BCUT2D eigenvalue weighted by Crippen LogP contribution is 2.29. The summed E-state index contributed by atoms with van der Waals surface area (Å²) in [7, 11) is 1.61. The molecule has 0 aromatic heterocycles. The maximum Gasteiger partial charge on any atom is 0.224 e. The van der Waals surface area contributed by atoms with Gasteiger partial charge in [-0.1, -0.05) is 13.0 Å². The van der Waals surface area contributed by atoms with Gasteiger partial charge < -0.3 is 10.1 Å². The van der Waals surface area contributed by atoms with E-state index in [9.17, 15) is 4.79 Å². The van der Waals surface area contributed by atoms with Crippen molar-refractivity contribution in [3.05, 3.63) is 23.3 Å². The fourth-order valence-electron chi connectivity index (χ4n) is 1.68. The molecule has 0 atom stereocenters. The molecule has 3 nitrogen and oxygen atoms in total. The molecule has 0 aliphatic heterocycles. The molecular weight excluding hydrogens is 202 g/mol. The number of hydrogen-bond donors (Lipinski definition) is 1. The molecule has 0 aliphatic carbocycles. The summed E-state index contributed by atoms with van der Waals surface area (Å²) in [5, 5.41) is 2.89. The Morgan fingerprint density at radius 3 is 2.62 bits per heavy atom. The summed E-state index contributed by atoms with van der Waals surface area (Å²) in [5.41, 5.74) is 2.94. The van der Waals surface area contributed by atoms with E-state index in [0.717, 1.165) is 29.0 Å². The highest BCUT2D eigenvalue weighted by molar-refractivity contribution is 5.93. The Morgan fingerprint density at radius 1 is 1.38 bits per heavy atom. The number of amides is 1. The van der Waals surface area contributed by atoms with Crippen LogP contribution >= 0.6 is 0 Å².